The van der Waals surface area contributed by atoms with Crippen LogP contribution < -0.4 is 5.32 Å². The molecule has 2 fully saturated rings. The minimum atomic E-state index is -0.477. The zero-order chi connectivity index (χ0) is 25.5. The van der Waals surface area contributed by atoms with Crippen molar-refractivity contribution in [3.8, 4) is 11.3 Å². The molecule has 9 nitrogen and oxygen atoms in total. The van der Waals surface area contributed by atoms with E-state index in [9.17, 15) is 9.18 Å². The Balaban J connectivity index is 1.17. The number of aromatic nitrogens is 5. The highest BCUT2D eigenvalue weighted by Crippen LogP contribution is 2.43. The first-order chi connectivity index (χ1) is 17.9. The second-order valence-electron chi connectivity index (χ2n) is 9.86. The van der Waals surface area contributed by atoms with Crippen LogP contribution in [0.25, 0.3) is 22.2 Å². The molecule has 4 aromatic rings. The first-order valence-electron chi connectivity index (χ1n) is 12.6. The lowest BCUT2D eigenvalue weighted by molar-refractivity contribution is -0.130. The molecule has 1 aliphatic heterocycles. The molecule has 190 valence electrons. The van der Waals surface area contributed by atoms with Gasteiger partial charge in [0, 0.05) is 75.5 Å². The van der Waals surface area contributed by atoms with Crippen molar-refractivity contribution in [1.82, 2.24) is 34.5 Å². The van der Waals surface area contributed by atoms with Gasteiger partial charge in [0.2, 0.25) is 11.9 Å². The number of benzene rings is 1. The van der Waals surface area contributed by atoms with Gasteiger partial charge in [-0.2, -0.15) is 5.10 Å². The summed E-state index contributed by atoms with van der Waals surface area (Å²) < 4.78 is 16.7. The number of fused-ring (bicyclic) bond motifs is 1. The van der Waals surface area contributed by atoms with Crippen molar-refractivity contribution in [3.05, 3.63) is 59.8 Å². The SMILES string of the molecule is CC(=O)N1CCN(Cc2ccc(Nc3ncc(F)c(-c4ccc5nn(C)c(C6CC6)c5c4)n3)nc2)CC1. The number of hydrogen-bond acceptors (Lipinski definition) is 7. The molecular formula is C27H29FN8O. The van der Waals surface area contributed by atoms with Gasteiger partial charge in [0.1, 0.15) is 11.5 Å². The normalized spacial score (nSPS) is 16.4. The third-order valence-corrected chi connectivity index (χ3v) is 7.15. The smallest absolute Gasteiger partial charge is 0.229 e. The molecule has 3 aromatic heterocycles. The number of rotatable bonds is 6. The molecule has 37 heavy (non-hydrogen) atoms. The highest BCUT2D eigenvalue weighted by Gasteiger charge is 2.29. The molecule has 0 atom stereocenters. The Morgan fingerprint density at radius 1 is 1.08 bits per heavy atom. The third kappa shape index (κ3) is 4.89. The third-order valence-electron chi connectivity index (χ3n) is 7.15. The van der Waals surface area contributed by atoms with Crippen LogP contribution in [0.4, 0.5) is 16.2 Å². The maximum absolute atomic E-state index is 14.8. The van der Waals surface area contributed by atoms with Crippen molar-refractivity contribution in [3.63, 3.8) is 0 Å². The number of hydrogen-bond donors (Lipinski definition) is 1. The molecule has 4 heterocycles. The Kier molecular flexibility index (Phi) is 6.03. The van der Waals surface area contributed by atoms with Gasteiger partial charge in [0.25, 0.3) is 0 Å². The number of carbonyl (C=O) groups is 1. The predicted octanol–water partition coefficient (Wildman–Crippen LogP) is 3.85. The molecule has 2 aliphatic rings. The van der Waals surface area contributed by atoms with E-state index >= 15 is 0 Å². The maximum Gasteiger partial charge on any atom is 0.229 e. The zero-order valence-corrected chi connectivity index (χ0v) is 21.0. The summed E-state index contributed by atoms with van der Waals surface area (Å²) in [6.07, 6.45) is 5.34. The van der Waals surface area contributed by atoms with Crippen LogP contribution in [0, 0.1) is 5.82 Å². The number of carbonyl (C=O) groups excluding carboxylic acids is 1. The fourth-order valence-corrected chi connectivity index (χ4v) is 5.02. The molecular weight excluding hydrogens is 471 g/mol. The van der Waals surface area contributed by atoms with E-state index in [1.54, 1.807) is 6.92 Å². The zero-order valence-electron chi connectivity index (χ0n) is 21.0. The molecule has 0 radical (unpaired) electrons. The first kappa shape index (κ1) is 23.5. The number of nitrogens with one attached hydrogen (secondary N) is 1. The summed E-state index contributed by atoms with van der Waals surface area (Å²) in [6.45, 7) is 5.58. The van der Waals surface area contributed by atoms with Crippen LogP contribution in [0.5, 0.6) is 0 Å². The van der Waals surface area contributed by atoms with Gasteiger partial charge in [-0.05, 0) is 36.6 Å². The van der Waals surface area contributed by atoms with Gasteiger partial charge in [0.05, 0.1) is 11.7 Å². The molecule has 1 amide bonds. The van der Waals surface area contributed by atoms with Crippen molar-refractivity contribution in [2.75, 3.05) is 31.5 Å². The first-order valence-corrected chi connectivity index (χ1v) is 12.6. The molecule has 0 unspecified atom stereocenters. The lowest BCUT2D eigenvalue weighted by Crippen LogP contribution is -2.47. The van der Waals surface area contributed by atoms with Crippen LogP contribution in [0.2, 0.25) is 0 Å². The Bertz CT molecular complexity index is 1460. The van der Waals surface area contributed by atoms with Crippen molar-refractivity contribution in [2.45, 2.75) is 32.2 Å². The van der Waals surface area contributed by atoms with Crippen LogP contribution in [-0.2, 0) is 18.4 Å². The second kappa shape index (κ2) is 9.51. The molecule has 1 aromatic carbocycles. The monoisotopic (exact) mass is 500 g/mol. The molecule has 0 bridgehead atoms. The fourth-order valence-electron chi connectivity index (χ4n) is 5.02. The molecule has 1 N–H and O–H groups in total. The summed E-state index contributed by atoms with van der Waals surface area (Å²) in [7, 11) is 1.97. The molecule has 10 heteroatoms. The Morgan fingerprint density at radius 3 is 2.59 bits per heavy atom. The van der Waals surface area contributed by atoms with Crippen LogP contribution in [0.1, 0.15) is 36.9 Å². The van der Waals surface area contributed by atoms with Gasteiger partial charge in [-0.25, -0.2) is 19.3 Å². The lowest BCUT2D eigenvalue weighted by Gasteiger charge is -2.34. The van der Waals surface area contributed by atoms with Gasteiger partial charge in [-0.15, -0.1) is 0 Å². The van der Waals surface area contributed by atoms with E-state index in [-0.39, 0.29) is 17.5 Å². The second-order valence-corrected chi connectivity index (χ2v) is 9.86. The number of halogens is 1. The van der Waals surface area contributed by atoms with Crippen LogP contribution in [0.3, 0.4) is 0 Å². The standard InChI is InChI=1S/C27H29FN8O/c1-17(37)36-11-9-35(10-12-36)16-18-3-8-24(29-14-18)31-27-30-15-22(28)25(32-27)20-6-7-23-21(13-20)26(19-4-5-19)34(2)33-23/h3,6-8,13-15,19H,4-5,9-12,16H2,1-2H3,(H,29,30,31,32). The summed E-state index contributed by atoms with van der Waals surface area (Å²) in [5.41, 5.74) is 4.13. The van der Waals surface area contributed by atoms with Crippen molar-refractivity contribution >= 4 is 28.6 Å². The van der Waals surface area contributed by atoms with Crippen molar-refractivity contribution < 1.29 is 9.18 Å². The summed E-state index contributed by atoms with van der Waals surface area (Å²) in [5, 5.41) is 8.76. The number of aryl methyl sites for hydroxylation is 1. The van der Waals surface area contributed by atoms with E-state index in [0.29, 0.717) is 17.3 Å². The largest absolute Gasteiger partial charge is 0.340 e. The van der Waals surface area contributed by atoms with Crippen LogP contribution >= 0.6 is 0 Å². The molecule has 1 saturated heterocycles. The summed E-state index contributed by atoms with van der Waals surface area (Å²) in [4.78, 5) is 28.8. The van der Waals surface area contributed by atoms with Gasteiger partial charge in [-0.1, -0.05) is 12.1 Å². The number of amides is 1. The summed E-state index contributed by atoms with van der Waals surface area (Å²) in [6, 6.07) is 9.63. The van der Waals surface area contributed by atoms with E-state index in [4.69, 9.17) is 0 Å². The van der Waals surface area contributed by atoms with Gasteiger partial charge in [-0.3, -0.25) is 14.4 Å². The van der Waals surface area contributed by atoms with E-state index < -0.39 is 5.82 Å². The molecule has 0 spiro atoms. The predicted molar refractivity (Wildman–Crippen MR) is 139 cm³/mol. The maximum atomic E-state index is 14.8. The number of anilines is 2. The number of nitrogens with zero attached hydrogens (tertiary/aromatic N) is 7. The Labute approximate surface area is 214 Å². The van der Waals surface area contributed by atoms with Crippen LogP contribution in [0.15, 0.2) is 42.7 Å². The quantitative estimate of drug-likeness (QED) is 0.430. The highest BCUT2D eigenvalue weighted by molar-refractivity contribution is 5.87. The average Bonchev–Trinajstić information content (AvgIpc) is 3.67. The highest BCUT2D eigenvalue weighted by atomic mass is 19.1. The molecule has 6 rings (SSSR count). The Hall–Kier alpha value is -3.92. The molecule has 1 saturated carbocycles. The Morgan fingerprint density at radius 2 is 1.89 bits per heavy atom. The van der Waals surface area contributed by atoms with E-state index in [1.807, 2.05) is 53.2 Å². The van der Waals surface area contributed by atoms with E-state index in [0.717, 1.165) is 62.0 Å². The van der Waals surface area contributed by atoms with Crippen molar-refractivity contribution in [2.24, 2.45) is 7.05 Å². The van der Waals surface area contributed by atoms with Gasteiger partial charge < -0.3 is 10.2 Å². The minimum absolute atomic E-state index is 0.128. The molecule has 1 aliphatic carbocycles. The number of pyridine rings is 1. The van der Waals surface area contributed by atoms with E-state index in [1.165, 1.54) is 11.9 Å². The van der Waals surface area contributed by atoms with Crippen molar-refractivity contribution in [1.29, 1.82) is 0 Å². The lowest BCUT2D eigenvalue weighted by atomic mass is 10.1. The van der Waals surface area contributed by atoms with Gasteiger partial charge >= 0.3 is 0 Å². The van der Waals surface area contributed by atoms with E-state index in [2.05, 4.69) is 30.3 Å². The van der Waals surface area contributed by atoms with Crippen LogP contribution in [-0.4, -0.2) is 66.6 Å². The number of piperazine rings is 1. The fraction of sp³-hybridized carbons (Fsp3) is 0.370. The average molecular weight is 501 g/mol. The van der Waals surface area contributed by atoms with Gasteiger partial charge in [0.15, 0.2) is 5.82 Å². The topological polar surface area (TPSA) is 92.1 Å². The minimum Gasteiger partial charge on any atom is -0.340 e. The summed E-state index contributed by atoms with van der Waals surface area (Å²) >= 11 is 0. The summed E-state index contributed by atoms with van der Waals surface area (Å²) in [5.74, 6) is 1.04.